The van der Waals surface area contributed by atoms with Gasteiger partial charge in [-0.2, -0.15) is 18.4 Å². The van der Waals surface area contributed by atoms with E-state index in [1.807, 2.05) is 53.4 Å². The van der Waals surface area contributed by atoms with Crippen LogP contribution in [0, 0.1) is 23.2 Å². The van der Waals surface area contributed by atoms with Crippen molar-refractivity contribution in [3.63, 3.8) is 0 Å². The highest BCUT2D eigenvalue weighted by molar-refractivity contribution is 7.81. The number of benzene rings is 5. The molecule has 0 radical (unpaired) electrons. The van der Waals surface area contributed by atoms with Crippen LogP contribution in [0.2, 0.25) is 0 Å². The fourth-order valence-corrected chi connectivity index (χ4v) is 9.59. The Bertz CT molecular complexity index is 3040. The quantitative estimate of drug-likeness (QED) is 0.0955. The van der Waals surface area contributed by atoms with Crippen LogP contribution >= 0.6 is 12.2 Å². The van der Waals surface area contributed by atoms with Crippen LogP contribution < -0.4 is 24.8 Å². The number of hydrogen-bond acceptors (Lipinski definition) is 9. The predicted molar refractivity (Wildman–Crippen MR) is 254 cm³/mol. The summed E-state index contributed by atoms with van der Waals surface area (Å²) >= 11 is 5.67. The minimum atomic E-state index is -4.80. The van der Waals surface area contributed by atoms with Gasteiger partial charge in [0, 0.05) is 67.2 Å². The summed E-state index contributed by atoms with van der Waals surface area (Å²) in [6.45, 7) is 5.96. The van der Waals surface area contributed by atoms with E-state index >= 15 is 0 Å². The van der Waals surface area contributed by atoms with E-state index in [-0.39, 0.29) is 41.5 Å². The molecule has 0 bridgehead atoms. The topological polar surface area (TPSA) is 147 Å². The van der Waals surface area contributed by atoms with Crippen molar-refractivity contribution in [2.45, 2.75) is 51.0 Å². The summed E-state index contributed by atoms with van der Waals surface area (Å²) in [5, 5.41) is 11.6. The van der Waals surface area contributed by atoms with Gasteiger partial charge in [0.15, 0.2) is 5.11 Å². The van der Waals surface area contributed by atoms with Crippen molar-refractivity contribution >= 4 is 63.9 Å². The molecule has 0 spiro atoms. The standard InChI is InChI=1S/C52H42F3N7O6S/c1-51(2)49(67)61(40-16-11-36(30-56)43(29-40)52(53,54)55)50(69)62(51)38-14-9-33(10-15-38)34-12-18-41(19-13-34)68-27-3-4-32-5-7-35(8-6-32)47(65)59-25-23-58(24-26-59)39-17-20-42-37(28-39)31-60(48(42)66)44-21-22-45(63)57-46(44)64/h5-20,28-29,44H,21-27,31H2,1-2H3,(H,57,63,64). The predicted octanol–water partition coefficient (Wildman–Crippen LogP) is 7.31. The molecule has 0 aromatic heterocycles. The summed E-state index contributed by atoms with van der Waals surface area (Å²) in [6, 6.07) is 31.5. The second kappa shape index (κ2) is 18.2. The molecule has 9 rings (SSSR count). The number of imide groups is 1. The van der Waals surface area contributed by atoms with Crippen LogP contribution in [0.1, 0.15) is 69.7 Å². The molecule has 348 valence electrons. The SMILES string of the molecule is CC1(C)C(=O)N(c2ccc(C#N)c(C(F)(F)F)c2)C(=S)N1c1ccc(-c2ccc(OCC#Cc3ccc(C(=O)N4CCN(c5ccc6c(c5)CN(C5CCC(=O)NC5=O)C6=O)CC4)cc3)cc2)cc1. The largest absolute Gasteiger partial charge is 0.481 e. The molecule has 5 aromatic carbocycles. The van der Waals surface area contributed by atoms with Crippen molar-refractivity contribution in [1.82, 2.24) is 15.1 Å². The van der Waals surface area contributed by atoms with E-state index in [4.69, 9.17) is 17.0 Å². The summed E-state index contributed by atoms with van der Waals surface area (Å²) in [6.07, 6.45) is -4.29. The van der Waals surface area contributed by atoms with E-state index < -0.39 is 40.7 Å². The number of fused-ring (bicyclic) bond motifs is 1. The number of nitrogens with zero attached hydrogens (tertiary/aromatic N) is 6. The van der Waals surface area contributed by atoms with Crippen molar-refractivity contribution in [3.05, 3.63) is 143 Å². The number of carbonyl (C=O) groups excluding carboxylic acids is 5. The van der Waals surface area contributed by atoms with Crippen molar-refractivity contribution in [3.8, 4) is 34.8 Å². The van der Waals surface area contributed by atoms with Crippen molar-refractivity contribution in [2.75, 3.05) is 47.5 Å². The zero-order valence-electron chi connectivity index (χ0n) is 37.3. The van der Waals surface area contributed by atoms with Gasteiger partial charge in [-0.05, 0) is 134 Å². The van der Waals surface area contributed by atoms with E-state index in [0.29, 0.717) is 61.7 Å². The van der Waals surface area contributed by atoms with Gasteiger partial charge in [-0.1, -0.05) is 36.1 Å². The molecule has 1 atom stereocenters. The maximum atomic E-state index is 13.8. The minimum Gasteiger partial charge on any atom is -0.481 e. The van der Waals surface area contributed by atoms with Crippen LogP contribution in [0.5, 0.6) is 5.75 Å². The molecule has 17 heteroatoms. The Balaban J connectivity index is 0.751. The van der Waals surface area contributed by atoms with E-state index in [1.54, 1.807) is 67.3 Å². The van der Waals surface area contributed by atoms with Crippen LogP contribution in [0.3, 0.4) is 0 Å². The molecule has 4 heterocycles. The molecule has 3 fully saturated rings. The molecule has 1 N–H and O–H groups in total. The number of hydrogen-bond donors (Lipinski definition) is 1. The average Bonchev–Trinajstić information content (AvgIpc) is 3.76. The number of halogens is 3. The molecule has 0 saturated carbocycles. The normalized spacial score (nSPS) is 17.9. The fourth-order valence-electron chi connectivity index (χ4n) is 9.07. The van der Waals surface area contributed by atoms with Gasteiger partial charge in [0.2, 0.25) is 11.8 Å². The molecule has 4 aliphatic heterocycles. The van der Waals surface area contributed by atoms with Gasteiger partial charge in [-0.25, -0.2) is 0 Å². The first-order valence-corrected chi connectivity index (χ1v) is 22.5. The van der Waals surface area contributed by atoms with Gasteiger partial charge in [-0.3, -0.25) is 34.2 Å². The number of piperidine rings is 1. The minimum absolute atomic E-state index is 0.00832. The monoisotopic (exact) mass is 949 g/mol. The fraction of sp³-hybridized carbons (Fsp3) is 0.250. The van der Waals surface area contributed by atoms with Crippen LogP contribution in [-0.4, -0.2) is 88.8 Å². The Morgan fingerprint density at radius 2 is 1.49 bits per heavy atom. The zero-order valence-corrected chi connectivity index (χ0v) is 38.1. The highest BCUT2D eigenvalue weighted by atomic mass is 32.1. The van der Waals surface area contributed by atoms with Crippen molar-refractivity contribution in [2.24, 2.45) is 0 Å². The maximum Gasteiger partial charge on any atom is 0.417 e. The third-order valence-electron chi connectivity index (χ3n) is 12.8. The first kappa shape index (κ1) is 46.1. The van der Waals surface area contributed by atoms with Gasteiger partial charge in [0.05, 0.1) is 22.9 Å². The highest BCUT2D eigenvalue weighted by Gasteiger charge is 2.51. The smallest absolute Gasteiger partial charge is 0.417 e. The van der Waals surface area contributed by atoms with Crippen LogP contribution in [0.25, 0.3) is 11.1 Å². The molecule has 4 aliphatic rings. The maximum absolute atomic E-state index is 13.8. The highest BCUT2D eigenvalue weighted by Crippen LogP contribution is 2.40. The zero-order chi connectivity index (χ0) is 48.8. The number of anilines is 3. The lowest BCUT2D eigenvalue weighted by Gasteiger charge is -2.36. The summed E-state index contributed by atoms with van der Waals surface area (Å²) in [7, 11) is 0. The number of carbonyl (C=O) groups is 5. The third kappa shape index (κ3) is 8.96. The number of ether oxygens (including phenoxy) is 1. The summed E-state index contributed by atoms with van der Waals surface area (Å²) < 4.78 is 47.1. The second-order valence-corrected chi connectivity index (χ2v) is 17.8. The number of rotatable bonds is 8. The van der Waals surface area contributed by atoms with Crippen LogP contribution in [0.15, 0.2) is 109 Å². The third-order valence-corrected chi connectivity index (χ3v) is 13.1. The van der Waals surface area contributed by atoms with E-state index in [2.05, 4.69) is 22.1 Å². The number of amides is 5. The van der Waals surface area contributed by atoms with E-state index in [0.717, 1.165) is 45.0 Å². The van der Waals surface area contributed by atoms with Crippen LogP contribution in [0.4, 0.5) is 30.2 Å². The Labute approximate surface area is 400 Å². The lowest BCUT2D eigenvalue weighted by atomic mass is 10.0. The molecular weight excluding hydrogens is 908 g/mol. The Kier molecular flexibility index (Phi) is 12.2. The Morgan fingerprint density at radius 1 is 0.841 bits per heavy atom. The lowest BCUT2D eigenvalue weighted by molar-refractivity contribution is -0.138. The number of nitriles is 1. The van der Waals surface area contributed by atoms with E-state index in [9.17, 15) is 42.4 Å². The Hall–Kier alpha value is -8.02. The number of thiocarbonyl (C=S) groups is 1. The molecule has 3 saturated heterocycles. The van der Waals surface area contributed by atoms with Gasteiger partial charge in [0.1, 0.15) is 23.9 Å². The molecule has 0 aliphatic carbocycles. The molecule has 13 nitrogen and oxygen atoms in total. The molecule has 69 heavy (non-hydrogen) atoms. The van der Waals surface area contributed by atoms with Crippen molar-refractivity contribution in [1.29, 1.82) is 5.26 Å². The summed E-state index contributed by atoms with van der Waals surface area (Å²) in [5.74, 6) is 5.13. The van der Waals surface area contributed by atoms with Crippen LogP contribution in [-0.2, 0) is 27.1 Å². The molecule has 1 unspecified atom stereocenters. The van der Waals surface area contributed by atoms with Gasteiger partial charge >= 0.3 is 6.18 Å². The van der Waals surface area contributed by atoms with Crippen molar-refractivity contribution < 1.29 is 41.9 Å². The second-order valence-electron chi connectivity index (χ2n) is 17.4. The van der Waals surface area contributed by atoms with E-state index in [1.165, 1.54) is 11.0 Å². The summed E-state index contributed by atoms with van der Waals surface area (Å²) in [5.41, 5.74) is 2.93. The summed E-state index contributed by atoms with van der Waals surface area (Å²) in [4.78, 5) is 72.4. The lowest BCUT2D eigenvalue weighted by Crippen LogP contribution is -2.52. The first-order chi connectivity index (χ1) is 33.0. The number of piperazine rings is 1. The van der Waals surface area contributed by atoms with Gasteiger partial charge < -0.3 is 24.3 Å². The average molecular weight is 950 g/mol. The number of alkyl halides is 3. The Morgan fingerprint density at radius 3 is 2.14 bits per heavy atom. The first-order valence-electron chi connectivity index (χ1n) is 22.1. The van der Waals surface area contributed by atoms with Gasteiger partial charge in [-0.15, -0.1) is 0 Å². The van der Waals surface area contributed by atoms with Gasteiger partial charge in [0.25, 0.3) is 17.7 Å². The molecular formula is C52H42F3N7O6S. The molecule has 5 aromatic rings. The molecule has 5 amide bonds. The number of nitrogens with one attached hydrogen (secondary N) is 1.